The largest absolute Gasteiger partial charge is 0.497 e. The molecule has 2 fully saturated rings. The van der Waals surface area contributed by atoms with Crippen LogP contribution < -0.4 is 14.8 Å². The molecule has 2 saturated carbocycles. The van der Waals surface area contributed by atoms with E-state index >= 15 is 0 Å². The zero-order valence-electron chi connectivity index (χ0n) is 15.6. The van der Waals surface area contributed by atoms with Gasteiger partial charge in [0.25, 0.3) is 5.91 Å². The Morgan fingerprint density at radius 1 is 1.19 bits per heavy atom. The van der Waals surface area contributed by atoms with Crippen molar-refractivity contribution in [2.45, 2.75) is 45.1 Å². The Bertz CT molecular complexity index is 674. The van der Waals surface area contributed by atoms with Gasteiger partial charge in [-0.05, 0) is 56.1 Å². The molecule has 0 aliphatic heterocycles. The van der Waals surface area contributed by atoms with Gasteiger partial charge in [-0.2, -0.15) is 0 Å². The standard InChI is InChI=1S/C20H27NO5/c1-12(26-19(22)10-15-9-13-4-5-14(15)8-13)20(23)21-17-11-16(24-2)6-7-18(17)25-3/h6-7,11-15H,4-5,8-10H2,1-3H3,(H,21,23). The molecule has 3 rings (SSSR count). The predicted octanol–water partition coefficient (Wildman–Crippen LogP) is 3.40. The lowest BCUT2D eigenvalue weighted by Gasteiger charge is -2.21. The number of hydrogen-bond acceptors (Lipinski definition) is 5. The van der Waals surface area contributed by atoms with Crippen molar-refractivity contribution in [2.75, 3.05) is 19.5 Å². The van der Waals surface area contributed by atoms with E-state index in [1.54, 1.807) is 32.2 Å². The van der Waals surface area contributed by atoms with Gasteiger partial charge < -0.3 is 19.5 Å². The SMILES string of the molecule is COc1ccc(OC)c(NC(=O)C(C)OC(=O)CC2CC3CCC2C3)c1. The highest BCUT2D eigenvalue weighted by Gasteiger charge is 2.40. The summed E-state index contributed by atoms with van der Waals surface area (Å²) in [6.07, 6.45) is 4.47. The minimum absolute atomic E-state index is 0.289. The van der Waals surface area contributed by atoms with Gasteiger partial charge in [0.1, 0.15) is 11.5 Å². The number of fused-ring (bicyclic) bond motifs is 2. The van der Waals surface area contributed by atoms with Gasteiger partial charge in [-0.25, -0.2) is 0 Å². The monoisotopic (exact) mass is 361 g/mol. The number of rotatable bonds is 7. The van der Waals surface area contributed by atoms with E-state index in [-0.39, 0.29) is 5.97 Å². The van der Waals surface area contributed by atoms with Crippen molar-refractivity contribution in [1.29, 1.82) is 0 Å². The van der Waals surface area contributed by atoms with Crippen molar-refractivity contribution in [1.82, 2.24) is 0 Å². The van der Waals surface area contributed by atoms with Crippen molar-refractivity contribution < 1.29 is 23.8 Å². The summed E-state index contributed by atoms with van der Waals surface area (Å²) < 4.78 is 15.8. The second-order valence-corrected chi connectivity index (χ2v) is 7.33. The van der Waals surface area contributed by atoms with E-state index in [4.69, 9.17) is 14.2 Å². The summed E-state index contributed by atoms with van der Waals surface area (Å²) in [6.45, 7) is 1.58. The Hall–Kier alpha value is -2.24. The summed E-state index contributed by atoms with van der Waals surface area (Å²) in [5, 5.41) is 2.74. The zero-order chi connectivity index (χ0) is 18.7. The van der Waals surface area contributed by atoms with Crippen LogP contribution in [0.3, 0.4) is 0 Å². The first-order chi connectivity index (χ1) is 12.5. The molecule has 1 aromatic rings. The predicted molar refractivity (Wildman–Crippen MR) is 97.3 cm³/mol. The maximum atomic E-state index is 12.4. The van der Waals surface area contributed by atoms with Crippen LogP contribution in [0.4, 0.5) is 5.69 Å². The molecule has 0 saturated heterocycles. The van der Waals surface area contributed by atoms with E-state index < -0.39 is 12.0 Å². The minimum Gasteiger partial charge on any atom is -0.497 e. The van der Waals surface area contributed by atoms with Gasteiger partial charge in [0.15, 0.2) is 6.10 Å². The lowest BCUT2D eigenvalue weighted by molar-refractivity contribution is -0.154. The number of hydrogen-bond donors (Lipinski definition) is 1. The van der Waals surface area contributed by atoms with Gasteiger partial charge in [-0.15, -0.1) is 0 Å². The maximum Gasteiger partial charge on any atom is 0.306 e. The number of esters is 1. The fourth-order valence-electron chi connectivity index (χ4n) is 4.29. The Balaban J connectivity index is 1.53. The first-order valence-electron chi connectivity index (χ1n) is 9.22. The van der Waals surface area contributed by atoms with E-state index in [0.717, 1.165) is 12.3 Å². The molecule has 2 bridgehead atoms. The number of amides is 1. The number of ether oxygens (including phenoxy) is 3. The van der Waals surface area contributed by atoms with Crippen LogP contribution in [0.5, 0.6) is 11.5 Å². The molecule has 142 valence electrons. The van der Waals surface area contributed by atoms with Crippen molar-refractivity contribution in [3.05, 3.63) is 18.2 Å². The Morgan fingerprint density at radius 2 is 2.00 bits per heavy atom. The van der Waals surface area contributed by atoms with Crippen molar-refractivity contribution in [3.63, 3.8) is 0 Å². The van der Waals surface area contributed by atoms with E-state index in [9.17, 15) is 9.59 Å². The van der Waals surface area contributed by atoms with Gasteiger partial charge in [0, 0.05) is 12.5 Å². The topological polar surface area (TPSA) is 73.9 Å². The van der Waals surface area contributed by atoms with Gasteiger partial charge >= 0.3 is 5.97 Å². The van der Waals surface area contributed by atoms with Gasteiger partial charge in [-0.3, -0.25) is 9.59 Å². The molecule has 0 radical (unpaired) electrons. The number of anilines is 1. The summed E-state index contributed by atoms with van der Waals surface area (Å²) in [7, 11) is 3.07. The molecule has 6 nitrogen and oxygen atoms in total. The summed E-state index contributed by atoms with van der Waals surface area (Å²) in [5.41, 5.74) is 0.479. The molecule has 1 aromatic carbocycles. The van der Waals surface area contributed by atoms with Gasteiger partial charge in [-0.1, -0.05) is 6.42 Å². The summed E-state index contributed by atoms with van der Waals surface area (Å²) in [5.74, 6) is 2.31. The molecule has 2 aliphatic rings. The lowest BCUT2D eigenvalue weighted by Crippen LogP contribution is -2.31. The first-order valence-corrected chi connectivity index (χ1v) is 9.22. The number of nitrogens with one attached hydrogen (secondary N) is 1. The Kier molecular flexibility index (Phi) is 5.69. The average molecular weight is 361 g/mol. The summed E-state index contributed by atoms with van der Waals surface area (Å²) in [4.78, 5) is 24.6. The van der Waals surface area contributed by atoms with Gasteiger partial charge in [0.05, 0.1) is 19.9 Å². The van der Waals surface area contributed by atoms with Crippen LogP contribution in [0.1, 0.15) is 39.0 Å². The maximum absolute atomic E-state index is 12.4. The highest BCUT2D eigenvalue weighted by Crippen LogP contribution is 2.49. The van der Waals surface area contributed by atoms with E-state index in [0.29, 0.717) is 35.4 Å². The Labute approximate surface area is 154 Å². The van der Waals surface area contributed by atoms with Crippen LogP contribution in [-0.2, 0) is 14.3 Å². The van der Waals surface area contributed by atoms with E-state index in [2.05, 4.69) is 5.32 Å². The molecule has 2 aliphatic carbocycles. The van der Waals surface area contributed by atoms with Crippen LogP contribution in [-0.4, -0.2) is 32.2 Å². The second-order valence-electron chi connectivity index (χ2n) is 7.33. The van der Waals surface area contributed by atoms with Gasteiger partial charge in [0.2, 0.25) is 0 Å². The molecule has 0 heterocycles. The smallest absolute Gasteiger partial charge is 0.306 e. The molecule has 1 amide bonds. The van der Waals surface area contributed by atoms with Crippen LogP contribution in [0.2, 0.25) is 0 Å². The van der Waals surface area contributed by atoms with Crippen molar-refractivity contribution >= 4 is 17.6 Å². The van der Waals surface area contributed by atoms with Crippen LogP contribution in [0, 0.1) is 17.8 Å². The molecule has 4 atom stereocenters. The minimum atomic E-state index is -0.864. The number of benzene rings is 1. The fourth-order valence-corrected chi connectivity index (χ4v) is 4.29. The third kappa shape index (κ3) is 4.11. The quantitative estimate of drug-likeness (QED) is 0.754. The van der Waals surface area contributed by atoms with E-state index in [1.807, 2.05) is 0 Å². The molecule has 0 spiro atoms. The fraction of sp³-hybridized carbons (Fsp3) is 0.600. The molecular weight excluding hydrogens is 334 g/mol. The Morgan fingerprint density at radius 3 is 2.62 bits per heavy atom. The zero-order valence-corrected chi connectivity index (χ0v) is 15.6. The highest BCUT2D eigenvalue weighted by atomic mass is 16.5. The third-order valence-electron chi connectivity index (χ3n) is 5.66. The number of carbonyl (C=O) groups is 2. The highest BCUT2D eigenvalue weighted by molar-refractivity contribution is 5.96. The molecular formula is C20H27NO5. The lowest BCUT2D eigenvalue weighted by atomic mass is 9.86. The first kappa shape index (κ1) is 18.5. The molecule has 6 heteroatoms. The van der Waals surface area contributed by atoms with Crippen LogP contribution in [0.25, 0.3) is 0 Å². The molecule has 4 unspecified atom stereocenters. The van der Waals surface area contributed by atoms with Crippen LogP contribution in [0.15, 0.2) is 18.2 Å². The second kappa shape index (κ2) is 7.98. The normalized spacial score (nSPS) is 24.8. The molecule has 1 N–H and O–H groups in total. The third-order valence-corrected chi connectivity index (χ3v) is 5.66. The summed E-state index contributed by atoms with van der Waals surface area (Å²) in [6, 6.07) is 5.12. The number of carbonyl (C=O) groups excluding carboxylic acids is 2. The van der Waals surface area contributed by atoms with Crippen molar-refractivity contribution in [3.8, 4) is 11.5 Å². The van der Waals surface area contributed by atoms with E-state index in [1.165, 1.54) is 26.4 Å². The average Bonchev–Trinajstić information content (AvgIpc) is 3.24. The number of methoxy groups -OCH3 is 2. The summed E-state index contributed by atoms with van der Waals surface area (Å²) >= 11 is 0. The van der Waals surface area contributed by atoms with Crippen LogP contribution >= 0.6 is 0 Å². The van der Waals surface area contributed by atoms with Crippen molar-refractivity contribution in [2.24, 2.45) is 17.8 Å². The molecule has 0 aromatic heterocycles. The molecule has 26 heavy (non-hydrogen) atoms.